The molecule has 0 heterocycles. The van der Waals surface area contributed by atoms with Gasteiger partial charge in [-0.05, 0) is 30.7 Å². The van der Waals surface area contributed by atoms with Gasteiger partial charge in [0, 0.05) is 25.0 Å². The minimum Gasteiger partial charge on any atom is -0.395 e. The Kier molecular flexibility index (Phi) is 5.97. The molecule has 2 amide bonds. The van der Waals surface area contributed by atoms with Crippen LogP contribution in [0.25, 0.3) is 0 Å². The number of aliphatic hydroxyl groups is 1. The molecule has 0 aromatic heterocycles. The fraction of sp³-hybridized carbons (Fsp3) is 0.462. The van der Waals surface area contributed by atoms with Gasteiger partial charge < -0.3 is 15.3 Å². The lowest BCUT2D eigenvalue weighted by atomic mass is 10.3. The molecule has 1 aromatic carbocycles. The number of nitrogens with one attached hydrogen (secondary N) is 1. The SMILES string of the molecule is CCCN(CCO)C(=O)Nc1ccc(S(C)(=O)=O)cc1. The molecule has 0 unspecified atom stereocenters. The lowest BCUT2D eigenvalue weighted by Gasteiger charge is -2.21. The molecule has 1 rings (SSSR count). The Balaban J connectivity index is 2.75. The van der Waals surface area contributed by atoms with E-state index in [9.17, 15) is 13.2 Å². The molecule has 6 nitrogen and oxygen atoms in total. The van der Waals surface area contributed by atoms with Crippen LogP contribution in [0.2, 0.25) is 0 Å². The molecule has 7 heteroatoms. The van der Waals surface area contributed by atoms with E-state index >= 15 is 0 Å². The minimum absolute atomic E-state index is 0.0968. The standard InChI is InChI=1S/C13H20N2O4S/c1-3-8-15(9-10-16)13(17)14-11-4-6-12(7-5-11)20(2,18)19/h4-7,16H,3,8-10H2,1-2H3,(H,14,17). The van der Waals surface area contributed by atoms with Crippen LogP contribution >= 0.6 is 0 Å². The van der Waals surface area contributed by atoms with Crippen molar-refractivity contribution in [1.29, 1.82) is 0 Å². The van der Waals surface area contributed by atoms with Gasteiger partial charge in [-0.25, -0.2) is 13.2 Å². The molecule has 0 aliphatic heterocycles. The Labute approximate surface area is 119 Å². The number of carbonyl (C=O) groups excluding carboxylic acids is 1. The van der Waals surface area contributed by atoms with Crippen LogP contribution < -0.4 is 5.32 Å². The maximum absolute atomic E-state index is 12.0. The highest BCUT2D eigenvalue weighted by molar-refractivity contribution is 7.90. The van der Waals surface area contributed by atoms with Crippen molar-refractivity contribution in [2.75, 3.05) is 31.3 Å². The second kappa shape index (κ2) is 7.25. The molecule has 0 atom stereocenters. The summed E-state index contributed by atoms with van der Waals surface area (Å²) in [5.41, 5.74) is 0.515. The zero-order valence-corrected chi connectivity index (χ0v) is 12.5. The number of urea groups is 1. The number of sulfone groups is 1. The number of anilines is 1. The molecule has 112 valence electrons. The van der Waals surface area contributed by atoms with Crippen LogP contribution in [0.5, 0.6) is 0 Å². The van der Waals surface area contributed by atoms with E-state index in [2.05, 4.69) is 5.32 Å². The zero-order chi connectivity index (χ0) is 15.2. The first-order chi connectivity index (χ1) is 9.38. The highest BCUT2D eigenvalue weighted by Crippen LogP contribution is 2.14. The van der Waals surface area contributed by atoms with Crippen LogP contribution in [-0.2, 0) is 9.84 Å². The third-order valence-corrected chi connectivity index (χ3v) is 3.81. The number of nitrogens with zero attached hydrogens (tertiary/aromatic N) is 1. The Bertz CT molecular complexity index is 534. The molecule has 0 bridgehead atoms. The number of hydrogen-bond acceptors (Lipinski definition) is 4. The van der Waals surface area contributed by atoms with Crippen LogP contribution in [0, 0.1) is 0 Å². The average Bonchev–Trinajstić information content (AvgIpc) is 2.38. The lowest BCUT2D eigenvalue weighted by molar-refractivity contribution is 0.188. The summed E-state index contributed by atoms with van der Waals surface area (Å²) in [6.07, 6.45) is 1.92. The minimum atomic E-state index is -3.24. The molecule has 0 aliphatic carbocycles. The molecule has 0 saturated heterocycles. The molecule has 20 heavy (non-hydrogen) atoms. The summed E-state index contributed by atoms with van der Waals surface area (Å²) in [5.74, 6) is 0. The zero-order valence-electron chi connectivity index (χ0n) is 11.7. The monoisotopic (exact) mass is 300 g/mol. The van der Waals surface area contributed by atoms with Crippen LogP contribution in [0.3, 0.4) is 0 Å². The van der Waals surface area contributed by atoms with Gasteiger partial charge in [-0.2, -0.15) is 0 Å². The van der Waals surface area contributed by atoms with Crippen molar-refractivity contribution in [3.63, 3.8) is 0 Å². The first-order valence-corrected chi connectivity index (χ1v) is 8.24. The van der Waals surface area contributed by atoms with Crippen molar-refractivity contribution in [1.82, 2.24) is 4.90 Å². The molecule has 2 N–H and O–H groups in total. The van der Waals surface area contributed by atoms with Crippen LogP contribution in [0.1, 0.15) is 13.3 Å². The van der Waals surface area contributed by atoms with Gasteiger partial charge in [0.05, 0.1) is 11.5 Å². The summed E-state index contributed by atoms with van der Waals surface area (Å²) in [4.78, 5) is 13.7. The van der Waals surface area contributed by atoms with Crippen molar-refractivity contribution in [3.8, 4) is 0 Å². The van der Waals surface area contributed by atoms with E-state index < -0.39 is 9.84 Å². The van der Waals surface area contributed by atoms with Crippen molar-refractivity contribution in [2.45, 2.75) is 18.2 Å². The quantitative estimate of drug-likeness (QED) is 0.829. The van der Waals surface area contributed by atoms with Gasteiger partial charge in [-0.15, -0.1) is 0 Å². The summed E-state index contributed by atoms with van der Waals surface area (Å²) in [6, 6.07) is 5.66. The van der Waals surface area contributed by atoms with Gasteiger partial charge in [-0.3, -0.25) is 0 Å². The van der Waals surface area contributed by atoms with Gasteiger partial charge >= 0.3 is 6.03 Å². The van der Waals surface area contributed by atoms with Gasteiger partial charge in [0.25, 0.3) is 0 Å². The Morgan fingerprint density at radius 2 is 1.85 bits per heavy atom. The van der Waals surface area contributed by atoms with Crippen molar-refractivity contribution >= 4 is 21.6 Å². The maximum Gasteiger partial charge on any atom is 0.321 e. The van der Waals surface area contributed by atoms with Crippen LogP contribution in [0.15, 0.2) is 29.2 Å². The number of benzene rings is 1. The highest BCUT2D eigenvalue weighted by Gasteiger charge is 2.12. The summed E-state index contributed by atoms with van der Waals surface area (Å²) >= 11 is 0. The number of aliphatic hydroxyl groups excluding tert-OH is 1. The van der Waals surface area contributed by atoms with Gasteiger partial charge in [-0.1, -0.05) is 6.92 Å². The normalized spacial score (nSPS) is 11.2. The van der Waals surface area contributed by atoms with Gasteiger partial charge in [0.15, 0.2) is 9.84 Å². The molecular formula is C13H20N2O4S. The second-order valence-electron chi connectivity index (χ2n) is 4.44. The van der Waals surface area contributed by atoms with Crippen molar-refractivity contribution in [3.05, 3.63) is 24.3 Å². The first kappa shape index (κ1) is 16.5. The Morgan fingerprint density at radius 1 is 1.25 bits per heavy atom. The van der Waals surface area contributed by atoms with Crippen LogP contribution in [-0.4, -0.2) is 50.4 Å². The summed E-state index contributed by atoms with van der Waals surface area (Å²) in [6.45, 7) is 2.66. The second-order valence-corrected chi connectivity index (χ2v) is 6.45. The predicted octanol–water partition coefficient (Wildman–Crippen LogP) is 1.33. The third kappa shape index (κ3) is 4.82. The van der Waals surface area contributed by atoms with Gasteiger partial charge in [0.2, 0.25) is 0 Å². The topological polar surface area (TPSA) is 86.7 Å². The lowest BCUT2D eigenvalue weighted by Crippen LogP contribution is -2.37. The highest BCUT2D eigenvalue weighted by atomic mass is 32.2. The van der Waals surface area contributed by atoms with E-state index in [4.69, 9.17) is 5.11 Å². The number of carbonyl (C=O) groups is 1. The van der Waals surface area contributed by atoms with E-state index in [-0.39, 0.29) is 24.1 Å². The van der Waals surface area contributed by atoms with E-state index in [1.165, 1.54) is 29.2 Å². The Hall–Kier alpha value is -1.60. The predicted molar refractivity (Wildman–Crippen MR) is 77.5 cm³/mol. The smallest absolute Gasteiger partial charge is 0.321 e. The summed E-state index contributed by atoms with van der Waals surface area (Å²) in [5, 5.41) is 11.6. The molecule has 0 saturated carbocycles. The van der Waals surface area contributed by atoms with Gasteiger partial charge in [0.1, 0.15) is 0 Å². The maximum atomic E-state index is 12.0. The molecule has 0 fully saturated rings. The van der Waals surface area contributed by atoms with E-state index in [0.29, 0.717) is 12.2 Å². The fourth-order valence-corrected chi connectivity index (χ4v) is 2.32. The first-order valence-electron chi connectivity index (χ1n) is 6.35. The summed E-state index contributed by atoms with van der Waals surface area (Å²) in [7, 11) is -3.24. The molecule has 0 spiro atoms. The fourth-order valence-electron chi connectivity index (χ4n) is 1.69. The van der Waals surface area contributed by atoms with Crippen LogP contribution in [0.4, 0.5) is 10.5 Å². The number of rotatable bonds is 6. The average molecular weight is 300 g/mol. The molecular weight excluding hydrogens is 280 g/mol. The van der Waals surface area contributed by atoms with E-state index in [1.54, 1.807) is 0 Å². The summed E-state index contributed by atoms with van der Waals surface area (Å²) < 4.78 is 22.6. The van der Waals surface area contributed by atoms with Crippen molar-refractivity contribution in [2.24, 2.45) is 0 Å². The van der Waals surface area contributed by atoms with Crippen molar-refractivity contribution < 1.29 is 18.3 Å². The Morgan fingerprint density at radius 3 is 2.30 bits per heavy atom. The largest absolute Gasteiger partial charge is 0.395 e. The third-order valence-electron chi connectivity index (χ3n) is 2.68. The number of hydrogen-bond donors (Lipinski definition) is 2. The van der Waals surface area contributed by atoms with E-state index in [1.807, 2.05) is 6.92 Å². The molecule has 0 aliphatic rings. The molecule has 0 radical (unpaired) electrons. The number of amides is 2. The molecule has 1 aromatic rings. The van der Waals surface area contributed by atoms with E-state index in [0.717, 1.165) is 12.7 Å².